The fourth-order valence-electron chi connectivity index (χ4n) is 1.75. The summed E-state index contributed by atoms with van der Waals surface area (Å²) in [5, 5.41) is 2.90. The minimum Gasteiger partial charge on any atom is -0.348 e. The van der Waals surface area contributed by atoms with Crippen molar-refractivity contribution < 1.29 is 4.79 Å². The number of amides is 1. The number of halogens is 2. The molecule has 0 atom stereocenters. The van der Waals surface area contributed by atoms with Gasteiger partial charge in [-0.05, 0) is 39.2 Å². The van der Waals surface area contributed by atoms with Crippen LogP contribution in [0.4, 0.5) is 0 Å². The first kappa shape index (κ1) is 14.1. The summed E-state index contributed by atoms with van der Waals surface area (Å²) in [6.07, 6.45) is 0. The second-order valence-electron chi connectivity index (χ2n) is 4.12. The number of hydrogen-bond acceptors (Lipinski definition) is 1. The van der Waals surface area contributed by atoms with Gasteiger partial charge in [-0.1, -0.05) is 36.4 Å². The van der Waals surface area contributed by atoms with Gasteiger partial charge < -0.3 is 5.32 Å². The van der Waals surface area contributed by atoms with E-state index in [0.717, 1.165) is 15.6 Å². The third-order valence-electron chi connectivity index (χ3n) is 2.72. The summed E-state index contributed by atoms with van der Waals surface area (Å²) in [4.78, 5) is 12.0. The molecule has 0 saturated heterocycles. The first-order chi connectivity index (χ1) is 9.20. The van der Waals surface area contributed by atoms with Crippen molar-refractivity contribution in [2.45, 2.75) is 12.4 Å². The molecule has 4 heteroatoms. The van der Waals surface area contributed by atoms with Crippen LogP contribution >= 0.6 is 27.5 Å². The molecule has 0 bridgehead atoms. The van der Waals surface area contributed by atoms with E-state index in [2.05, 4.69) is 21.2 Å². The normalized spacial score (nSPS) is 10.2. The van der Waals surface area contributed by atoms with Crippen molar-refractivity contribution >= 4 is 33.4 Å². The largest absolute Gasteiger partial charge is 0.348 e. The van der Waals surface area contributed by atoms with Gasteiger partial charge in [-0.15, -0.1) is 11.6 Å². The summed E-state index contributed by atoms with van der Waals surface area (Å²) in [6, 6.07) is 15.2. The molecule has 0 aliphatic heterocycles. The zero-order valence-electron chi connectivity index (χ0n) is 10.2. The number of hydrogen-bond donors (Lipinski definition) is 1. The highest BCUT2D eigenvalue weighted by atomic mass is 79.9. The lowest BCUT2D eigenvalue weighted by molar-refractivity contribution is 0.0950. The van der Waals surface area contributed by atoms with Crippen LogP contribution in [0.15, 0.2) is 53.0 Å². The van der Waals surface area contributed by atoms with E-state index in [1.54, 1.807) is 6.07 Å². The molecular formula is C15H13BrClNO. The van der Waals surface area contributed by atoms with Gasteiger partial charge in [-0.3, -0.25) is 4.79 Å². The van der Waals surface area contributed by atoms with Crippen molar-refractivity contribution in [1.29, 1.82) is 0 Å². The fourth-order valence-corrected chi connectivity index (χ4v) is 2.38. The van der Waals surface area contributed by atoms with Gasteiger partial charge >= 0.3 is 0 Å². The standard InChI is InChI=1S/C15H13BrClNO/c16-14-7-2-1-6-13(14)15(19)18-10-12-5-3-4-11(8-12)9-17/h1-8H,9-10H2,(H,18,19). The smallest absolute Gasteiger partial charge is 0.252 e. The summed E-state index contributed by atoms with van der Waals surface area (Å²) in [5.74, 6) is 0.384. The van der Waals surface area contributed by atoms with Crippen LogP contribution in [0, 0.1) is 0 Å². The van der Waals surface area contributed by atoms with Crippen LogP contribution in [0.5, 0.6) is 0 Å². The summed E-state index contributed by atoms with van der Waals surface area (Å²) in [5.41, 5.74) is 2.73. The lowest BCUT2D eigenvalue weighted by Crippen LogP contribution is -2.23. The predicted molar refractivity (Wildman–Crippen MR) is 81.3 cm³/mol. The van der Waals surface area contributed by atoms with Gasteiger partial charge in [0.05, 0.1) is 5.56 Å². The van der Waals surface area contributed by atoms with Crippen molar-refractivity contribution in [3.8, 4) is 0 Å². The molecule has 0 spiro atoms. The van der Waals surface area contributed by atoms with Crippen molar-refractivity contribution in [2.75, 3.05) is 0 Å². The highest BCUT2D eigenvalue weighted by molar-refractivity contribution is 9.10. The topological polar surface area (TPSA) is 29.1 Å². The van der Waals surface area contributed by atoms with Gasteiger partial charge in [0.1, 0.15) is 0 Å². The number of benzene rings is 2. The van der Waals surface area contributed by atoms with Gasteiger partial charge in [0.2, 0.25) is 0 Å². The number of nitrogens with one attached hydrogen (secondary N) is 1. The number of rotatable bonds is 4. The molecule has 0 aliphatic rings. The molecule has 0 fully saturated rings. The first-order valence-electron chi connectivity index (χ1n) is 5.87. The highest BCUT2D eigenvalue weighted by Gasteiger charge is 2.08. The maximum Gasteiger partial charge on any atom is 0.252 e. The zero-order valence-corrected chi connectivity index (χ0v) is 12.5. The fraction of sp³-hybridized carbons (Fsp3) is 0.133. The molecule has 1 N–H and O–H groups in total. The molecule has 19 heavy (non-hydrogen) atoms. The van der Waals surface area contributed by atoms with Gasteiger partial charge in [0, 0.05) is 16.9 Å². The number of alkyl halides is 1. The van der Waals surface area contributed by atoms with E-state index in [-0.39, 0.29) is 5.91 Å². The SMILES string of the molecule is O=C(NCc1cccc(CCl)c1)c1ccccc1Br. The minimum absolute atomic E-state index is 0.0937. The van der Waals surface area contributed by atoms with Crippen LogP contribution in [0.1, 0.15) is 21.5 Å². The Labute approximate surface area is 125 Å². The second kappa shape index (κ2) is 6.73. The van der Waals surface area contributed by atoms with Crippen molar-refractivity contribution in [1.82, 2.24) is 5.32 Å². The summed E-state index contributed by atoms with van der Waals surface area (Å²) in [7, 11) is 0. The van der Waals surface area contributed by atoms with E-state index in [1.165, 1.54) is 0 Å². The average molecular weight is 339 g/mol. The minimum atomic E-state index is -0.0937. The van der Waals surface area contributed by atoms with E-state index >= 15 is 0 Å². The molecule has 2 nitrogen and oxygen atoms in total. The number of carbonyl (C=O) groups is 1. The molecule has 0 heterocycles. The molecule has 98 valence electrons. The van der Waals surface area contributed by atoms with Crippen LogP contribution in [0.2, 0.25) is 0 Å². The van der Waals surface area contributed by atoms with Gasteiger partial charge in [-0.2, -0.15) is 0 Å². The van der Waals surface area contributed by atoms with E-state index < -0.39 is 0 Å². The summed E-state index contributed by atoms with van der Waals surface area (Å²) in [6.45, 7) is 0.491. The Hall–Kier alpha value is -1.32. The third kappa shape index (κ3) is 3.82. The van der Waals surface area contributed by atoms with Crippen LogP contribution in [-0.2, 0) is 12.4 Å². The Morgan fingerprint density at radius 1 is 1.11 bits per heavy atom. The van der Waals surface area contributed by atoms with Gasteiger partial charge in [-0.25, -0.2) is 0 Å². The molecule has 0 radical (unpaired) electrons. The Morgan fingerprint density at radius 2 is 1.84 bits per heavy atom. The average Bonchev–Trinajstić information content (AvgIpc) is 2.45. The maximum absolute atomic E-state index is 12.0. The molecule has 0 unspecified atom stereocenters. The zero-order chi connectivity index (χ0) is 13.7. The Morgan fingerprint density at radius 3 is 2.58 bits per heavy atom. The molecule has 0 saturated carbocycles. The van der Waals surface area contributed by atoms with Crippen LogP contribution < -0.4 is 5.32 Å². The molecule has 0 aromatic heterocycles. The van der Waals surface area contributed by atoms with Gasteiger partial charge in [0.15, 0.2) is 0 Å². The number of carbonyl (C=O) groups excluding carboxylic acids is 1. The van der Waals surface area contributed by atoms with Crippen molar-refractivity contribution in [3.63, 3.8) is 0 Å². The van der Waals surface area contributed by atoms with E-state index in [4.69, 9.17) is 11.6 Å². The lowest BCUT2D eigenvalue weighted by Gasteiger charge is -2.07. The van der Waals surface area contributed by atoms with Crippen molar-refractivity contribution in [2.24, 2.45) is 0 Å². The third-order valence-corrected chi connectivity index (χ3v) is 3.72. The molecule has 1 amide bonds. The van der Waals surface area contributed by atoms with E-state index in [0.29, 0.717) is 18.0 Å². The Balaban J connectivity index is 2.02. The molecule has 2 rings (SSSR count). The van der Waals surface area contributed by atoms with Crippen molar-refractivity contribution in [3.05, 3.63) is 69.7 Å². The summed E-state index contributed by atoms with van der Waals surface area (Å²) < 4.78 is 0.794. The molecular weight excluding hydrogens is 326 g/mol. The maximum atomic E-state index is 12.0. The Bertz CT molecular complexity index is 586. The van der Waals surface area contributed by atoms with Gasteiger partial charge in [0.25, 0.3) is 5.91 Å². The second-order valence-corrected chi connectivity index (χ2v) is 5.24. The quantitative estimate of drug-likeness (QED) is 0.835. The van der Waals surface area contributed by atoms with Crippen LogP contribution in [-0.4, -0.2) is 5.91 Å². The van der Waals surface area contributed by atoms with E-state index in [1.807, 2.05) is 42.5 Å². The molecule has 2 aromatic carbocycles. The predicted octanol–water partition coefficient (Wildman–Crippen LogP) is 4.12. The highest BCUT2D eigenvalue weighted by Crippen LogP contribution is 2.15. The Kier molecular flexibility index (Phi) is 5.00. The van der Waals surface area contributed by atoms with E-state index in [9.17, 15) is 4.79 Å². The first-order valence-corrected chi connectivity index (χ1v) is 7.20. The monoisotopic (exact) mass is 337 g/mol. The van der Waals surface area contributed by atoms with Crippen LogP contribution in [0.25, 0.3) is 0 Å². The molecule has 0 aliphatic carbocycles. The lowest BCUT2D eigenvalue weighted by atomic mass is 10.1. The van der Waals surface area contributed by atoms with Crippen LogP contribution in [0.3, 0.4) is 0 Å². The summed E-state index contributed by atoms with van der Waals surface area (Å²) >= 11 is 9.15. The molecule has 2 aromatic rings.